The van der Waals surface area contributed by atoms with Crippen LogP contribution in [0.5, 0.6) is 0 Å². The van der Waals surface area contributed by atoms with Gasteiger partial charge in [0.1, 0.15) is 0 Å². The first-order chi connectivity index (χ1) is 4.83. The molecule has 3 heteroatoms. The maximum atomic E-state index is 2.42. The molecule has 1 unspecified atom stereocenters. The van der Waals surface area contributed by atoms with Crippen LogP contribution in [-0.4, -0.2) is 45.5 Å². The average molecular weight is 189 g/mol. The summed E-state index contributed by atoms with van der Waals surface area (Å²) in [7, 11) is 7.08. The molecule has 0 fully saturated rings. The molecule has 0 aliphatic heterocycles. The second kappa shape index (κ2) is 4.43. The molecule has 0 aromatic heterocycles. The van der Waals surface area contributed by atoms with Gasteiger partial charge < -0.3 is 4.90 Å². The minimum absolute atomic E-state index is 0.761. The van der Waals surface area contributed by atoms with Gasteiger partial charge >= 0.3 is 0 Å². The predicted molar refractivity (Wildman–Crippen MR) is 60.6 cm³/mol. The number of nitrogens with zero attached hydrogens (tertiary/aromatic N) is 1. The minimum Gasteiger partial charge on any atom is -0.307 e. The molecule has 0 rings (SSSR count). The van der Waals surface area contributed by atoms with Gasteiger partial charge in [-0.2, -0.15) is 0 Å². The van der Waals surface area contributed by atoms with Crippen LogP contribution < -0.4 is 0 Å². The van der Waals surface area contributed by atoms with Gasteiger partial charge in [0, 0.05) is 26.5 Å². The fraction of sp³-hybridized carbons (Fsp3) is 1.00. The van der Waals surface area contributed by atoms with Crippen LogP contribution in [0.15, 0.2) is 0 Å². The average Bonchev–Trinajstić information content (AvgIpc) is 1.80. The molecule has 0 saturated heterocycles. The smallest absolute Gasteiger partial charge is 0.00608 e. The van der Waals surface area contributed by atoms with Crippen LogP contribution in [0.1, 0.15) is 26.7 Å². The van der Waals surface area contributed by atoms with E-state index in [2.05, 4.69) is 32.8 Å². The fourth-order valence-corrected chi connectivity index (χ4v) is 1.48. The van der Waals surface area contributed by atoms with Crippen molar-refractivity contribution in [3.05, 3.63) is 0 Å². The molecule has 0 aliphatic rings. The molecule has 0 amide bonds. The van der Waals surface area contributed by atoms with Gasteiger partial charge in [0.15, 0.2) is 0 Å². The van der Waals surface area contributed by atoms with Gasteiger partial charge in [0.25, 0.3) is 0 Å². The van der Waals surface area contributed by atoms with Crippen LogP contribution in [-0.2, 0) is 0 Å². The Morgan fingerprint density at radius 3 is 2.09 bits per heavy atom. The Morgan fingerprint density at radius 1 is 1.36 bits per heavy atom. The summed E-state index contributed by atoms with van der Waals surface area (Å²) in [5.41, 5.74) is 0. The van der Waals surface area contributed by atoms with E-state index in [1.165, 1.54) is 33.3 Å². The van der Waals surface area contributed by atoms with Gasteiger partial charge in [-0.25, -0.2) is 0 Å². The lowest BCUT2D eigenvalue weighted by molar-refractivity contribution is 0.291. The first-order valence-electron chi connectivity index (χ1n) is 4.49. The standard InChI is InChI=1S/C8H23NSi2/c1-7(9(3)4)5-6-8(2,10)11/h7H,5-6H2,1-4,10-11H3. The number of hydrogen-bond donors (Lipinski definition) is 0. The summed E-state index contributed by atoms with van der Waals surface area (Å²) in [5, 5.41) is 0. The topological polar surface area (TPSA) is 3.24 Å². The normalized spacial score (nSPS) is 20.5. The summed E-state index contributed by atoms with van der Waals surface area (Å²) in [4.78, 5) is 2.31. The maximum Gasteiger partial charge on any atom is 0.00608 e. The lowest BCUT2D eigenvalue weighted by Crippen LogP contribution is -2.25. The van der Waals surface area contributed by atoms with E-state index in [-0.39, 0.29) is 0 Å². The van der Waals surface area contributed by atoms with Crippen molar-refractivity contribution in [3.8, 4) is 0 Å². The summed E-state index contributed by atoms with van der Waals surface area (Å²) in [5.74, 6) is 0. The zero-order valence-electron chi connectivity index (χ0n) is 8.94. The Kier molecular flexibility index (Phi) is 4.59. The molecule has 0 N–H and O–H groups in total. The monoisotopic (exact) mass is 189 g/mol. The second-order valence-corrected chi connectivity index (χ2v) is 12.3. The SMILES string of the molecule is CC(CCC(C)([SiH3])[SiH3])N(C)C. The van der Waals surface area contributed by atoms with Crippen molar-refractivity contribution in [2.24, 2.45) is 0 Å². The number of rotatable bonds is 4. The summed E-state index contributed by atoms with van der Waals surface area (Å²) in [6.45, 7) is 4.74. The molecule has 0 aromatic carbocycles. The fourth-order valence-electron chi connectivity index (χ4n) is 0.900. The van der Waals surface area contributed by atoms with Crippen LogP contribution in [0.3, 0.4) is 0 Å². The van der Waals surface area contributed by atoms with Crippen LogP contribution >= 0.6 is 0 Å². The highest BCUT2D eigenvalue weighted by Crippen LogP contribution is 2.22. The molecule has 1 atom stereocenters. The highest BCUT2D eigenvalue weighted by atomic mass is 28.2. The molecule has 0 spiro atoms. The molecule has 0 saturated carbocycles. The van der Waals surface area contributed by atoms with E-state index in [1.807, 2.05) is 0 Å². The highest BCUT2D eigenvalue weighted by molar-refractivity contribution is 6.39. The second-order valence-electron chi connectivity index (χ2n) is 4.91. The third kappa shape index (κ3) is 6.78. The summed E-state index contributed by atoms with van der Waals surface area (Å²) >= 11 is 0. The maximum absolute atomic E-state index is 2.42. The Balaban J connectivity index is 3.54. The Labute approximate surface area is 77.4 Å². The van der Waals surface area contributed by atoms with E-state index >= 15 is 0 Å². The summed E-state index contributed by atoms with van der Waals surface area (Å²) < 4.78 is 0.768. The van der Waals surface area contributed by atoms with E-state index in [1.54, 1.807) is 0 Å². The van der Waals surface area contributed by atoms with Crippen LogP contribution in [0.25, 0.3) is 0 Å². The molecule has 0 bridgehead atoms. The lowest BCUT2D eigenvalue weighted by atomic mass is 10.1. The van der Waals surface area contributed by atoms with Crippen molar-refractivity contribution in [1.29, 1.82) is 0 Å². The zero-order chi connectivity index (χ0) is 9.07. The van der Waals surface area contributed by atoms with Crippen LogP contribution in [0.2, 0.25) is 4.66 Å². The van der Waals surface area contributed by atoms with Crippen molar-refractivity contribution < 1.29 is 0 Å². The van der Waals surface area contributed by atoms with Gasteiger partial charge in [0.05, 0.1) is 0 Å². The van der Waals surface area contributed by atoms with Crippen molar-refractivity contribution in [2.45, 2.75) is 37.4 Å². The summed E-state index contributed by atoms with van der Waals surface area (Å²) in [6, 6.07) is 0.761. The molecule has 11 heavy (non-hydrogen) atoms. The largest absolute Gasteiger partial charge is 0.307 e. The van der Waals surface area contributed by atoms with Crippen LogP contribution in [0, 0.1) is 0 Å². The predicted octanol–water partition coefficient (Wildman–Crippen LogP) is -0.416. The van der Waals surface area contributed by atoms with Gasteiger partial charge in [-0.1, -0.05) is 18.0 Å². The van der Waals surface area contributed by atoms with Gasteiger partial charge in [0.2, 0.25) is 0 Å². The van der Waals surface area contributed by atoms with Gasteiger partial charge in [-0.3, -0.25) is 0 Å². The molecule has 1 nitrogen and oxygen atoms in total. The molecule has 0 radical (unpaired) electrons. The molecule has 0 heterocycles. The van der Waals surface area contributed by atoms with E-state index in [0.717, 1.165) is 10.7 Å². The van der Waals surface area contributed by atoms with Gasteiger partial charge in [-0.15, -0.1) is 0 Å². The summed E-state index contributed by atoms with van der Waals surface area (Å²) in [6.07, 6.45) is 2.81. The Hall–Kier alpha value is 0.394. The van der Waals surface area contributed by atoms with Crippen LogP contribution in [0.4, 0.5) is 0 Å². The van der Waals surface area contributed by atoms with E-state index in [0.29, 0.717) is 0 Å². The molecule has 0 aliphatic carbocycles. The zero-order valence-corrected chi connectivity index (χ0v) is 12.9. The Bertz CT molecular complexity index is 107. The van der Waals surface area contributed by atoms with E-state index in [9.17, 15) is 0 Å². The van der Waals surface area contributed by atoms with E-state index in [4.69, 9.17) is 0 Å². The van der Waals surface area contributed by atoms with Gasteiger partial charge in [-0.05, 0) is 27.4 Å². The Morgan fingerprint density at radius 2 is 1.82 bits per heavy atom. The highest BCUT2D eigenvalue weighted by Gasteiger charge is 2.13. The molecular formula is C8H23NSi2. The third-order valence-corrected chi connectivity index (χ3v) is 3.19. The quantitative estimate of drug-likeness (QED) is 0.543. The number of hydrogen-bond acceptors (Lipinski definition) is 1. The lowest BCUT2D eigenvalue weighted by Gasteiger charge is -2.24. The first kappa shape index (κ1) is 11.4. The van der Waals surface area contributed by atoms with Crippen molar-refractivity contribution >= 4 is 20.5 Å². The van der Waals surface area contributed by atoms with E-state index < -0.39 is 0 Å². The third-order valence-electron chi connectivity index (χ3n) is 2.19. The molecular weight excluding hydrogens is 166 g/mol. The first-order valence-corrected chi connectivity index (χ1v) is 6.49. The minimum atomic E-state index is 0.761. The van der Waals surface area contributed by atoms with Crippen molar-refractivity contribution in [1.82, 2.24) is 4.90 Å². The van der Waals surface area contributed by atoms with Crippen molar-refractivity contribution in [2.75, 3.05) is 14.1 Å². The molecule has 68 valence electrons. The van der Waals surface area contributed by atoms with Crippen molar-refractivity contribution in [3.63, 3.8) is 0 Å². The molecule has 0 aromatic rings.